The number of allylic oxidation sites excluding steroid dienone is 3. The fraction of sp³-hybridized carbons (Fsp3) is 0.643. The molecule has 0 saturated heterocycles. The molecule has 1 unspecified atom stereocenters. The molecule has 16 heavy (non-hydrogen) atoms. The molecule has 2 nitrogen and oxygen atoms in total. The van der Waals surface area contributed by atoms with Gasteiger partial charge in [0.25, 0.3) is 0 Å². The summed E-state index contributed by atoms with van der Waals surface area (Å²) in [5, 5.41) is 9.00. The predicted octanol–water partition coefficient (Wildman–Crippen LogP) is 4.18. The lowest BCUT2D eigenvalue weighted by atomic mass is 9.95. The van der Waals surface area contributed by atoms with Crippen LogP contribution < -0.4 is 0 Å². The quantitative estimate of drug-likeness (QED) is 0.596. The Bertz CT molecular complexity index is 241. The molecular formula is C14H24O2. The van der Waals surface area contributed by atoms with E-state index in [2.05, 4.69) is 13.5 Å². The first-order valence-corrected chi connectivity index (χ1v) is 6.18. The van der Waals surface area contributed by atoms with Crippen LogP contribution in [0.3, 0.4) is 0 Å². The van der Waals surface area contributed by atoms with Gasteiger partial charge in [0.05, 0.1) is 5.92 Å². The maximum atomic E-state index is 10.9. The van der Waals surface area contributed by atoms with Crippen LogP contribution >= 0.6 is 0 Å². The molecule has 0 aliphatic carbocycles. The summed E-state index contributed by atoms with van der Waals surface area (Å²) in [6.07, 6.45) is 9.35. The predicted molar refractivity (Wildman–Crippen MR) is 68.5 cm³/mol. The largest absolute Gasteiger partial charge is 0.481 e. The molecule has 92 valence electrons. The minimum atomic E-state index is -0.646. The molecule has 0 rings (SSSR count). The number of hydrogen-bond acceptors (Lipinski definition) is 1. The van der Waals surface area contributed by atoms with Crippen LogP contribution in [-0.4, -0.2) is 11.1 Å². The first kappa shape index (κ1) is 14.9. The van der Waals surface area contributed by atoms with Crippen molar-refractivity contribution < 1.29 is 9.90 Å². The minimum absolute atomic E-state index is 0.160. The Hall–Kier alpha value is -1.05. The highest BCUT2D eigenvalue weighted by Crippen LogP contribution is 2.18. The first-order valence-electron chi connectivity index (χ1n) is 6.18. The maximum Gasteiger partial charge on any atom is 0.306 e. The van der Waals surface area contributed by atoms with Crippen LogP contribution in [0.1, 0.15) is 52.4 Å². The van der Waals surface area contributed by atoms with E-state index in [1.54, 1.807) is 6.08 Å². The van der Waals surface area contributed by atoms with Gasteiger partial charge in [-0.3, -0.25) is 4.79 Å². The lowest BCUT2D eigenvalue weighted by Crippen LogP contribution is -2.13. The summed E-state index contributed by atoms with van der Waals surface area (Å²) < 4.78 is 0. The van der Waals surface area contributed by atoms with Crippen LogP contribution in [0.25, 0.3) is 0 Å². The summed E-state index contributed by atoms with van der Waals surface area (Å²) in [7, 11) is 0. The maximum absolute atomic E-state index is 10.9. The van der Waals surface area contributed by atoms with E-state index in [4.69, 9.17) is 5.11 Å². The molecule has 0 aliphatic rings. The van der Waals surface area contributed by atoms with E-state index in [0.29, 0.717) is 0 Å². The van der Waals surface area contributed by atoms with Crippen molar-refractivity contribution in [2.24, 2.45) is 5.92 Å². The molecule has 0 amide bonds. The van der Waals surface area contributed by atoms with Crippen molar-refractivity contribution in [2.45, 2.75) is 52.4 Å². The second-order valence-corrected chi connectivity index (χ2v) is 4.13. The molecule has 0 aromatic carbocycles. The van der Waals surface area contributed by atoms with E-state index >= 15 is 0 Å². The molecule has 0 saturated carbocycles. The number of hydrogen-bond donors (Lipinski definition) is 1. The van der Waals surface area contributed by atoms with Gasteiger partial charge in [-0.25, -0.2) is 0 Å². The summed E-state index contributed by atoms with van der Waals surface area (Å²) in [6.45, 7) is 7.83. The smallest absolute Gasteiger partial charge is 0.306 e. The number of carbonyl (C=O) groups is 1. The van der Waals surface area contributed by atoms with Crippen LogP contribution in [0.2, 0.25) is 0 Å². The van der Waals surface area contributed by atoms with Crippen LogP contribution in [0.15, 0.2) is 24.3 Å². The van der Waals surface area contributed by atoms with Gasteiger partial charge in [0.1, 0.15) is 0 Å². The standard InChI is InChI=1S/C14H24O2/c1-4-8-12(6-3)10-7-11-13(9-5-2)14(15)16/h4,8,13H,1,5-7,9-11H2,2-3H3,(H,15,16)/b12-8+. The summed E-state index contributed by atoms with van der Waals surface area (Å²) in [6, 6.07) is 0. The van der Waals surface area contributed by atoms with Crippen LogP contribution in [-0.2, 0) is 4.79 Å². The van der Waals surface area contributed by atoms with Gasteiger partial charge in [0.15, 0.2) is 0 Å². The molecule has 2 heteroatoms. The lowest BCUT2D eigenvalue weighted by molar-refractivity contribution is -0.142. The van der Waals surface area contributed by atoms with Crippen molar-refractivity contribution in [2.75, 3.05) is 0 Å². The Kier molecular flexibility index (Phi) is 8.59. The Morgan fingerprint density at radius 3 is 2.50 bits per heavy atom. The van der Waals surface area contributed by atoms with Crippen LogP contribution in [0.5, 0.6) is 0 Å². The SMILES string of the molecule is C=C/C=C(\CC)CCCC(CCC)C(=O)O. The van der Waals surface area contributed by atoms with E-state index in [-0.39, 0.29) is 5.92 Å². The molecule has 0 aromatic heterocycles. The highest BCUT2D eigenvalue weighted by atomic mass is 16.4. The second kappa shape index (κ2) is 9.20. The van der Waals surface area contributed by atoms with Crippen molar-refractivity contribution >= 4 is 5.97 Å². The summed E-state index contributed by atoms with van der Waals surface area (Å²) in [4.78, 5) is 10.9. The Morgan fingerprint density at radius 1 is 1.38 bits per heavy atom. The molecule has 0 bridgehead atoms. The normalized spacial score (nSPS) is 13.5. The molecule has 0 spiro atoms. The average Bonchev–Trinajstić information content (AvgIpc) is 2.26. The topological polar surface area (TPSA) is 37.3 Å². The number of aliphatic carboxylic acids is 1. The van der Waals surface area contributed by atoms with Crippen molar-refractivity contribution in [3.05, 3.63) is 24.3 Å². The van der Waals surface area contributed by atoms with Gasteiger partial charge in [-0.15, -0.1) is 0 Å². The zero-order valence-corrected chi connectivity index (χ0v) is 10.5. The zero-order valence-electron chi connectivity index (χ0n) is 10.5. The third kappa shape index (κ3) is 6.44. The monoisotopic (exact) mass is 224 g/mol. The van der Waals surface area contributed by atoms with E-state index in [1.165, 1.54) is 5.57 Å². The molecule has 0 heterocycles. The van der Waals surface area contributed by atoms with Gasteiger partial charge in [-0.05, 0) is 32.1 Å². The Morgan fingerprint density at radius 2 is 2.06 bits per heavy atom. The number of rotatable bonds is 9. The second-order valence-electron chi connectivity index (χ2n) is 4.13. The highest BCUT2D eigenvalue weighted by Gasteiger charge is 2.15. The molecule has 0 aromatic rings. The van der Waals surface area contributed by atoms with Gasteiger partial charge < -0.3 is 5.11 Å². The number of carboxylic acid groups (broad SMARTS) is 1. The van der Waals surface area contributed by atoms with Crippen molar-refractivity contribution in [3.63, 3.8) is 0 Å². The fourth-order valence-electron chi connectivity index (χ4n) is 1.86. The molecular weight excluding hydrogens is 200 g/mol. The fourth-order valence-corrected chi connectivity index (χ4v) is 1.86. The average molecular weight is 224 g/mol. The Balaban J connectivity index is 3.97. The summed E-state index contributed by atoms with van der Waals surface area (Å²) in [5.74, 6) is -0.806. The molecule has 0 aliphatic heterocycles. The molecule has 1 atom stereocenters. The third-order valence-corrected chi connectivity index (χ3v) is 2.84. The van der Waals surface area contributed by atoms with E-state index in [1.807, 2.05) is 13.0 Å². The summed E-state index contributed by atoms with van der Waals surface area (Å²) >= 11 is 0. The first-order chi connectivity index (χ1) is 7.65. The van der Waals surface area contributed by atoms with E-state index in [0.717, 1.165) is 38.5 Å². The third-order valence-electron chi connectivity index (χ3n) is 2.84. The summed E-state index contributed by atoms with van der Waals surface area (Å²) in [5.41, 5.74) is 1.36. The Labute approximate surface area is 99.1 Å². The van der Waals surface area contributed by atoms with Crippen molar-refractivity contribution in [1.82, 2.24) is 0 Å². The number of carboxylic acids is 1. The molecule has 0 radical (unpaired) electrons. The van der Waals surface area contributed by atoms with Crippen molar-refractivity contribution in [3.8, 4) is 0 Å². The van der Waals surface area contributed by atoms with Gasteiger partial charge in [0.2, 0.25) is 0 Å². The molecule has 1 N–H and O–H groups in total. The highest BCUT2D eigenvalue weighted by molar-refractivity contribution is 5.69. The minimum Gasteiger partial charge on any atom is -0.481 e. The lowest BCUT2D eigenvalue weighted by Gasteiger charge is -2.11. The zero-order chi connectivity index (χ0) is 12.4. The van der Waals surface area contributed by atoms with Crippen LogP contribution in [0, 0.1) is 5.92 Å². The van der Waals surface area contributed by atoms with Gasteiger partial charge >= 0.3 is 5.97 Å². The van der Waals surface area contributed by atoms with E-state index in [9.17, 15) is 4.79 Å². The van der Waals surface area contributed by atoms with Crippen molar-refractivity contribution in [1.29, 1.82) is 0 Å². The van der Waals surface area contributed by atoms with E-state index < -0.39 is 5.97 Å². The van der Waals surface area contributed by atoms with Gasteiger partial charge in [-0.1, -0.05) is 44.6 Å². The van der Waals surface area contributed by atoms with Crippen LogP contribution in [0.4, 0.5) is 0 Å². The van der Waals surface area contributed by atoms with Gasteiger partial charge in [0, 0.05) is 0 Å². The molecule has 0 fully saturated rings. The van der Waals surface area contributed by atoms with Gasteiger partial charge in [-0.2, -0.15) is 0 Å².